The van der Waals surface area contributed by atoms with Crippen LogP contribution in [0.4, 0.5) is 0 Å². The summed E-state index contributed by atoms with van der Waals surface area (Å²) in [7, 11) is 2.85. The number of hydrogen-bond donors (Lipinski definition) is 0. The van der Waals surface area contributed by atoms with Gasteiger partial charge in [-0.3, -0.25) is 0 Å². The average Bonchev–Trinajstić information content (AvgIpc) is 2.60. The van der Waals surface area contributed by atoms with Gasteiger partial charge in [0, 0.05) is 0 Å². The highest BCUT2D eigenvalue weighted by Crippen LogP contribution is 2.24. The van der Waals surface area contributed by atoms with E-state index < -0.39 is 5.97 Å². The van der Waals surface area contributed by atoms with Crippen LogP contribution in [-0.4, -0.2) is 20.2 Å². The zero-order chi connectivity index (χ0) is 17.5. The molecule has 0 heterocycles. The van der Waals surface area contributed by atoms with Gasteiger partial charge in [0.15, 0.2) is 0 Å². The molecule has 0 N–H and O–H groups in total. The molecule has 2 rings (SSSR count). The highest BCUT2D eigenvalue weighted by Gasteiger charge is 2.17. The Morgan fingerprint density at radius 3 is 2.54 bits per heavy atom. The first-order valence-corrected chi connectivity index (χ1v) is 7.66. The molecular formula is C20H22O4. The fourth-order valence-corrected chi connectivity index (χ4v) is 2.38. The molecule has 126 valence electrons. The summed E-state index contributed by atoms with van der Waals surface area (Å²) >= 11 is 0. The maximum Gasteiger partial charge on any atom is 0.341 e. The monoisotopic (exact) mass is 326 g/mol. The number of carbonyl (C=O) groups excluding carboxylic acids is 1. The molecule has 24 heavy (non-hydrogen) atoms. The zero-order valence-electron chi connectivity index (χ0n) is 14.5. The summed E-state index contributed by atoms with van der Waals surface area (Å²) in [6.07, 6.45) is 1.39. The van der Waals surface area contributed by atoms with E-state index in [4.69, 9.17) is 14.2 Å². The second-order valence-electron chi connectivity index (χ2n) is 5.47. The van der Waals surface area contributed by atoms with Crippen molar-refractivity contribution in [2.45, 2.75) is 20.5 Å². The van der Waals surface area contributed by atoms with Crippen LogP contribution in [0.1, 0.15) is 22.3 Å². The summed E-state index contributed by atoms with van der Waals surface area (Å²) in [6.45, 7) is 4.38. The minimum Gasteiger partial charge on any atom is -0.503 e. The van der Waals surface area contributed by atoms with Crippen molar-refractivity contribution in [1.82, 2.24) is 0 Å². The van der Waals surface area contributed by atoms with Crippen LogP contribution in [0.15, 0.2) is 48.7 Å². The second kappa shape index (κ2) is 8.20. The molecule has 0 unspecified atom stereocenters. The molecule has 0 radical (unpaired) electrons. The molecular weight excluding hydrogens is 304 g/mol. The van der Waals surface area contributed by atoms with Crippen LogP contribution in [0.3, 0.4) is 0 Å². The molecule has 0 spiro atoms. The minimum absolute atomic E-state index is 0.346. The Hall–Kier alpha value is -2.75. The van der Waals surface area contributed by atoms with Crippen LogP contribution in [0.25, 0.3) is 5.57 Å². The van der Waals surface area contributed by atoms with E-state index in [1.54, 1.807) is 0 Å². The molecule has 4 nitrogen and oxygen atoms in total. The van der Waals surface area contributed by atoms with Crippen LogP contribution < -0.4 is 4.74 Å². The van der Waals surface area contributed by atoms with E-state index in [0.717, 1.165) is 28.0 Å². The molecule has 2 aromatic carbocycles. The minimum atomic E-state index is -0.448. The number of carbonyl (C=O) groups is 1. The average molecular weight is 326 g/mol. The molecule has 0 atom stereocenters. The highest BCUT2D eigenvalue weighted by molar-refractivity contribution is 6.16. The smallest absolute Gasteiger partial charge is 0.341 e. The van der Waals surface area contributed by atoms with Crippen molar-refractivity contribution in [3.8, 4) is 5.75 Å². The largest absolute Gasteiger partial charge is 0.503 e. The summed E-state index contributed by atoms with van der Waals surface area (Å²) in [6, 6.07) is 13.6. The Morgan fingerprint density at radius 1 is 1.08 bits per heavy atom. The van der Waals surface area contributed by atoms with Crippen molar-refractivity contribution < 1.29 is 19.0 Å². The standard InChI is InChI=1S/C20H22O4/c1-14-9-10-15(2)19(11-14)24-12-16-7-5-6-8-17(16)18(13-22-3)20(21)23-4/h5-11,13H,12H2,1-4H3. The molecule has 0 amide bonds. The van der Waals surface area contributed by atoms with E-state index in [1.165, 1.54) is 20.5 Å². The van der Waals surface area contributed by atoms with Crippen molar-refractivity contribution in [1.29, 1.82) is 0 Å². The predicted octanol–water partition coefficient (Wildman–Crippen LogP) is 4.04. The summed E-state index contributed by atoms with van der Waals surface area (Å²) in [4.78, 5) is 12.0. The molecule has 0 fully saturated rings. The number of esters is 1. The topological polar surface area (TPSA) is 44.8 Å². The Kier molecular flexibility index (Phi) is 6.01. The molecule has 0 aliphatic rings. The summed E-state index contributed by atoms with van der Waals surface area (Å²) in [5.41, 5.74) is 4.18. The van der Waals surface area contributed by atoms with Crippen molar-refractivity contribution >= 4 is 11.5 Å². The first-order chi connectivity index (χ1) is 11.6. The quantitative estimate of drug-likeness (QED) is 0.456. The van der Waals surface area contributed by atoms with Gasteiger partial charge in [0.1, 0.15) is 17.9 Å². The van der Waals surface area contributed by atoms with E-state index in [9.17, 15) is 4.79 Å². The van der Waals surface area contributed by atoms with Gasteiger partial charge >= 0.3 is 5.97 Å². The maximum atomic E-state index is 12.0. The van der Waals surface area contributed by atoms with Gasteiger partial charge in [0.05, 0.1) is 20.5 Å². The fourth-order valence-electron chi connectivity index (χ4n) is 2.38. The molecule has 0 aliphatic carbocycles. The van der Waals surface area contributed by atoms with Gasteiger partial charge in [-0.2, -0.15) is 0 Å². The first-order valence-electron chi connectivity index (χ1n) is 7.66. The van der Waals surface area contributed by atoms with E-state index >= 15 is 0 Å². The summed E-state index contributed by atoms with van der Waals surface area (Å²) < 4.78 is 15.8. The fraction of sp³-hybridized carbons (Fsp3) is 0.250. The van der Waals surface area contributed by atoms with Gasteiger partial charge in [0.25, 0.3) is 0 Å². The zero-order valence-corrected chi connectivity index (χ0v) is 14.5. The predicted molar refractivity (Wildman–Crippen MR) is 93.7 cm³/mol. The number of hydrogen-bond acceptors (Lipinski definition) is 4. The molecule has 0 saturated heterocycles. The highest BCUT2D eigenvalue weighted by atomic mass is 16.5. The molecule has 4 heteroatoms. The molecule has 0 bridgehead atoms. The Bertz CT molecular complexity index is 747. The summed E-state index contributed by atoms with van der Waals surface area (Å²) in [5, 5.41) is 0. The van der Waals surface area contributed by atoms with Crippen LogP contribution in [0.2, 0.25) is 0 Å². The number of benzene rings is 2. The molecule has 0 saturated carbocycles. The van der Waals surface area contributed by atoms with Crippen LogP contribution in [0.5, 0.6) is 5.75 Å². The lowest BCUT2D eigenvalue weighted by molar-refractivity contribution is -0.133. The van der Waals surface area contributed by atoms with E-state index in [0.29, 0.717) is 12.2 Å². The third kappa shape index (κ3) is 4.16. The number of aryl methyl sites for hydroxylation is 2. The lowest BCUT2D eigenvalue weighted by atomic mass is 10.0. The first kappa shape index (κ1) is 17.6. The number of ether oxygens (including phenoxy) is 3. The van der Waals surface area contributed by atoms with E-state index in [2.05, 4.69) is 0 Å². The maximum absolute atomic E-state index is 12.0. The van der Waals surface area contributed by atoms with Crippen molar-refractivity contribution in [3.05, 3.63) is 71.0 Å². The Balaban J connectivity index is 2.30. The van der Waals surface area contributed by atoms with Crippen LogP contribution in [-0.2, 0) is 20.9 Å². The Labute approximate surface area is 142 Å². The van der Waals surface area contributed by atoms with Gasteiger partial charge in [0.2, 0.25) is 0 Å². The van der Waals surface area contributed by atoms with Crippen LogP contribution in [0, 0.1) is 13.8 Å². The van der Waals surface area contributed by atoms with Gasteiger partial charge in [-0.1, -0.05) is 36.4 Å². The van der Waals surface area contributed by atoms with Crippen molar-refractivity contribution in [2.24, 2.45) is 0 Å². The molecule has 2 aromatic rings. The SMILES string of the molecule is COC=C(C(=O)OC)c1ccccc1COc1cc(C)ccc1C. The van der Waals surface area contributed by atoms with Crippen molar-refractivity contribution in [3.63, 3.8) is 0 Å². The lowest BCUT2D eigenvalue weighted by Crippen LogP contribution is -2.08. The lowest BCUT2D eigenvalue weighted by Gasteiger charge is -2.14. The molecule has 0 aliphatic heterocycles. The van der Waals surface area contributed by atoms with Gasteiger partial charge in [-0.15, -0.1) is 0 Å². The van der Waals surface area contributed by atoms with Gasteiger partial charge < -0.3 is 14.2 Å². The van der Waals surface area contributed by atoms with Gasteiger partial charge in [-0.05, 0) is 42.2 Å². The number of rotatable bonds is 6. The summed E-state index contributed by atoms with van der Waals surface area (Å²) in [5.74, 6) is 0.385. The van der Waals surface area contributed by atoms with Gasteiger partial charge in [-0.25, -0.2) is 4.79 Å². The normalized spacial score (nSPS) is 11.1. The second-order valence-corrected chi connectivity index (χ2v) is 5.47. The van der Waals surface area contributed by atoms with E-state index in [1.807, 2.05) is 56.3 Å². The third-order valence-electron chi connectivity index (χ3n) is 3.68. The molecule has 0 aromatic heterocycles. The Morgan fingerprint density at radius 2 is 1.83 bits per heavy atom. The van der Waals surface area contributed by atoms with Crippen molar-refractivity contribution in [2.75, 3.05) is 14.2 Å². The van der Waals surface area contributed by atoms with Crippen LogP contribution >= 0.6 is 0 Å². The number of methoxy groups -OCH3 is 2. The third-order valence-corrected chi connectivity index (χ3v) is 3.68. The van der Waals surface area contributed by atoms with E-state index in [-0.39, 0.29) is 0 Å².